The van der Waals surface area contributed by atoms with Gasteiger partial charge < -0.3 is 4.74 Å². The van der Waals surface area contributed by atoms with Gasteiger partial charge in [0.15, 0.2) is 6.10 Å². The molecule has 1 fully saturated rings. The summed E-state index contributed by atoms with van der Waals surface area (Å²) in [5.74, 6) is 0.462. The van der Waals surface area contributed by atoms with Crippen molar-refractivity contribution in [1.29, 1.82) is 0 Å². The van der Waals surface area contributed by atoms with Crippen molar-refractivity contribution in [2.75, 3.05) is 0 Å². The van der Waals surface area contributed by atoms with Crippen molar-refractivity contribution in [3.63, 3.8) is 0 Å². The number of hydrazone groups is 1. The molecule has 0 radical (unpaired) electrons. The molecule has 0 saturated heterocycles. The van der Waals surface area contributed by atoms with Crippen molar-refractivity contribution < 1.29 is 14.3 Å². The van der Waals surface area contributed by atoms with Gasteiger partial charge in [-0.25, -0.2) is 5.43 Å². The zero-order valence-electron chi connectivity index (χ0n) is 15.4. The van der Waals surface area contributed by atoms with Crippen LogP contribution in [0.25, 0.3) is 10.8 Å². The fourth-order valence-corrected chi connectivity index (χ4v) is 3.30. The lowest BCUT2D eigenvalue weighted by atomic mass is 9.76. The SMILES string of the molecule is CC(Oc1ccc2ccccc2c1)C(=O)N/N=C1\CC(=O)CC(C)(C)C1. The van der Waals surface area contributed by atoms with E-state index in [1.807, 2.05) is 56.3 Å². The van der Waals surface area contributed by atoms with E-state index >= 15 is 0 Å². The quantitative estimate of drug-likeness (QED) is 0.850. The van der Waals surface area contributed by atoms with Gasteiger partial charge in [0.2, 0.25) is 0 Å². The smallest absolute Gasteiger partial charge is 0.280 e. The Bertz CT molecular complexity index is 870. The van der Waals surface area contributed by atoms with Crippen molar-refractivity contribution in [3.05, 3.63) is 42.5 Å². The molecule has 0 spiro atoms. The molecule has 136 valence electrons. The number of nitrogens with one attached hydrogen (secondary N) is 1. The molecular weight excluding hydrogens is 328 g/mol. The topological polar surface area (TPSA) is 67.8 Å². The number of fused-ring (bicyclic) bond motifs is 1. The molecule has 2 aromatic rings. The number of hydrogen-bond donors (Lipinski definition) is 1. The molecule has 5 nitrogen and oxygen atoms in total. The molecule has 1 aliphatic carbocycles. The van der Waals surface area contributed by atoms with Gasteiger partial charge >= 0.3 is 0 Å². The van der Waals surface area contributed by atoms with E-state index in [-0.39, 0.29) is 17.1 Å². The molecular formula is C21H24N2O3. The van der Waals surface area contributed by atoms with E-state index in [1.54, 1.807) is 6.92 Å². The minimum atomic E-state index is -0.687. The second kappa shape index (κ2) is 7.28. The molecule has 1 atom stereocenters. The zero-order valence-corrected chi connectivity index (χ0v) is 15.4. The second-order valence-electron chi connectivity index (χ2n) is 7.66. The van der Waals surface area contributed by atoms with Gasteiger partial charge in [-0.05, 0) is 41.7 Å². The zero-order chi connectivity index (χ0) is 18.7. The summed E-state index contributed by atoms with van der Waals surface area (Å²) in [4.78, 5) is 24.1. The summed E-state index contributed by atoms with van der Waals surface area (Å²) >= 11 is 0. The van der Waals surface area contributed by atoms with Crippen LogP contribution in [0.2, 0.25) is 0 Å². The van der Waals surface area contributed by atoms with E-state index < -0.39 is 6.10 Å². The number of hydrogen-bond acceptors (Lipinski definition) is 4. The molecule has 5 heteroatoms. The van der Waals surface area contributed by atoms with Crippen LogP contribution in [0.3, 0.4) is 0 Å². The van der Waals surface area contributed by atoms with Gasteiger partial charge in [-0.15, -0.1) is 0 Å². The van der Waals surface area contributed by atoms with E-state index in [9.17, 15) is 9.59 Å². The fraction of sp³-hybridized carbons (Fsp3) is 0.381. The third kappa shape index (κ3) is 4.48. The molecule has 2 aromatic carbocycles. The average molecular weight is 352 g/mol. The lowest BCUT2D eigenvalue weighted by Crippen LogP contribution is -2.36. The Hall–Kier alpha value is -2.69. The van der Waals surface area contributed by atoms with E-state index in [4.69, 9.17) is 4.74 Å². The number of carbonyl (C=O) groups is 2. The number of ether oxygens (including phenoxy) is 1. The van der Waals surface area contributed by atoms with Crippen molar-refractivity contribution in [2.45, 2.75) is 46.1 Å². The molecule has 1 amide bonds. The third-order valence-electron chi connectivity index (χ3n) is 4.49. The first-order chi connectivity index (χ1) is 12.3. The van der Waals surface area contributed by atoms with Gasteiger partial charge in [0, 0.05) is 18.6 Å². The summed E-state index contributed by atoms with van der Waals surface area (Å²) in [6.45, 7) is 5.75. The third-order valence-corrected chi connectivity index (χ3v) is 4.49. The molecule has 1 aliphatic rings. The molecule has 0 aromatic heterocycles. The average Bonchev–Trinajstić information content (AvgIpc) is 2.57. The monoisotopic (exact) mass is 352 g/mol. The largest absolute Gasteiger partial charge is 0.481 e. The van der Waals surface area contributed by atoms with Crippen LogP contribution >= 0.6 is 0 Å². The molecule has 26 heavy (non-hydrogen) atoms. The number of Topliss-reactive ketones (excluding diaryl/α,β-unsaturated/α-hetero) is 1. The molecule has 1 saturated carbocycles. The number of amides is 1. The Morgan fingerprint density at radius 2 is 1.88 bits per heavy atom. The minimum Gasteiger partial charge on any atom is -0.481 e. The lowest BCUT2D eigenvalue weighted by Gasteiger charge is -2.29. The van der Waals surface area contributed by atoms with Crippen LogP contribution in [0.1, 0.15) is 40.0 Å². The van der Waals surface area contributed by atoms with E-state index in [1.165, 1.54) is 0 Å². The van der Waals surface area contributed by atoms with Crippen LogP contribution in [0.4, 0.5) is 0 Å². The molecule has 0 aliphatic heterocycles. The number of rotatable bonds is 4. The van der Waals surface area contributed by atoms with Crippen LogP contribution in [0, 0.1) is 5.41 Å². The number of ketones is 1. The Morgan fingerprint density at radius 3 is 2.62 bits per heavy atom. The van der Waals surface area contributed by atoms with Gasteiger partial charge in [0.05, 0.1) is 0 Å². The highest BCUT2D eigenvalue weighted by Gasteiger charge is 2.30. The second-order valence-corrected chi connectivity index (χ2v) is 7.66. The lowest BCUT2D eigenvalue weighted by molar-refractivity contribution is -0.127. The highest BCUT2D eigenvalue weighted by molar-refractivity contribution is 6.05. The fourth-order valence-electron chi connectivity index (χ4n) is 3.30. The predicted octanol–water partition coefficient (Wildman–Crippen LogP) is 3.86. The van der Waals surface area contributed by atoms with Crippen LogP contribution in [0.5, 0.6) is 5.75 Å². The van der Waals surface area contributed by atoms with Gasteiger partial charge in [0.25, 0.3) is 5.91 Å². The van der Waals surface area contributed by atoms with Crippen molar-refractivity contribution in [1.82, 2.24) is 5.43 Å². The highest BCUT2D eigenvalue weighted by atomic mass is 16.5. The van der Waals surface area contributed by atoms with E-state index in [2.05, 4.69) is 10.5 Å². The first-order valence-electron chi connectivity index (χ1n) is 8.85. The summed E-state index contributed by atoms with van der Waals surface area (Å²) < 4.78 is 5.74. The molecule has 0 heterocycles. The van der Waals surface area contributed by atoms with E-state index in [0.29, 0.717) is 25.0 Å². The maximum Gasteiger partial charge on any atom is 0.280 e. The van der Waals surface area contributed by atoms with Gasteiger partial charge in [-0.3, -0.25) is 9.59 Å². The maximum atomic E-state index is 12.3. The predicted molar refractivity (Wildman–Crippen MR) is 102 cm³/mol. The van der Waals surface area contributed by atoms with Crippen molar-refractivity contribution >= 4 is 28.2 Å². The Balaban J connectivity index is 1.62. The summed E-state index contributed by atoms with van der Waals surface area (Å²) in [7, 11) is 0. The Labute approximate surface area is 153 Å². The van der Waals surface area contributed by atoms with Crippen LogP contribution in [-0.2, 0) is 9.59 Å². The maximum absolute atomic E-state index is 12.3. The molecule has 1 unspecified atom stereocenters. The Morgan fingerprint density at radius 1 is 1.15 bits per heavy atom. The molecule has 0 bridgehead atoms. The summed E-state index contributed by atoms with van der Waals surface area (Å²) in [6, 6.07) is 13.7. The Kier molecular flexibility index (Phi) is 5.07. The van der Waals surface area contributed by atoms with Crippen molar-refractivity contribution in [2.24, 2.45) is 10.5 Å². The molecule has 1 N–H and O–H groups in total. The first kappa shape index (κ1) is 18.1. The minimum absolute atomic E-state index is 0.105. The highest BCUT2D eigenvalue weighted by Crippen LogP contribution is 2.31. The first-order valence-corrected chi connectivity index (χ1v) is 8.85. The number of nitrogens with zero attached hydrogens (tertiary/aromatic N) is 1. The standard InChI is InChI=1S/C21H24N2O3/c1-14(26-19-9-8-15-6-4-5-7-16(15)10-19)20(25)23-22-17-11-18(24)13-21(2,3)12-17/h4-10,14H,11-13H2,1-3H3,(H,23,25)/b22-17+. The summed E-state index contributed by atoms with van der Waals surface area (Å²) in [5, 5.41) is 6.33. The van der Waals surface area contributed by atoms with Crippen LogP contribution in [0.15, 0.2) is 47.6 Å². The number of benzene rings is 2. The van der Waals surface area contributed by atoms with Crippen LogP contribution < -0.4 is 10.2 Å². The molecule has 3 rings (SSSR count). The van der Waals surface area contributed by atoms with Gasteiger partial charge in [-0.2, -0.15) is 5.10 Å². The van der Waals surface area contributed by atoms with E-state index in [0.717, 1.165) is 16.5 Å². The normalized spacial score (nSPS) is 19.3. The van der Waals surface area contributed by atoms with Crippen LogP contribution in [-0.4, -0.2) is 23.5 Å². The van der Waals surface area contributed by atoms with Crippen molar-refractivity contribution in [3.8, 4) is 5.75 Å². The number of carbonyl (C=O) groups excluding carboxylic acids is 2. The summed E-state index contributed by atoms with van der Waals surface area (Å²) in [5.41, 5.74) is 3.15. The summed E-state index contributed by atoms with van der Waals surface area (Å²) in [6.07, 6.45) is 0.886. The van der Waals surface area contributed by atoms with Gasteiger partial charge in [0.1, 0.15) is 11.5 Å². The van der Waals surface area contributed by atoms with Gasteiger partial charge in [-0.1, -0.05) is 44.2 Å².